The second kappa shape index (κ2) is 5.50. The summed E-state index contributed by atoms with van der Waals surface area (Å²) in [5.41, 5.74) is 9.45. The number of carbonyl (C=O) groups excluding carboxylic acids is 1. The monoisotopic (exact) mass is 309 g/mol. The molecule has 0 fully saturated rings. The Morgan fingerprint density at radius 3 is 1.83 bits per heavy atom. The molecular formula is C20H23NO2. The van der Waals surface area contributed by atoms with Crippen LogP contribution in [0.3, 0.4) is 0 Å². The van der Waals surface area contributed by atoms with Gasteiger partial charge in [-0.25, -0.2) is 0 Å². The molecule has 1 aliphatic rings. The lowest BCUT2D eigenvalue weighted by atomic mass is 9.87. The molecule has 2 aromatic rings. The summed E-state index contributed by atoms with van der Waals surface area (Å²) >= 11 is 0. The maximum absolute atomic E-state index is 12.8. The zero-order chi connectivity index (χ0) is 16.7. The van der Waals surface area contributed by atoms with Gasteiger partial charge in [-0.1, -0.05) is 48.5 Å². The van der Waals surface area contributed by atoms with Gasteiger partial charge in [-0.15, -0.1) is 0 Å². The maximum Gasteiger partial charge on any atom is 0.327 e. The predicted octanol–water partition coefficient (Wildman–Crippen LogP) is 3.49. The molecule has 0 saturated carbocycles. The number of esters is 1. The Morgan fingerprint density at radius 2 is 1.39 bits per heavy atom. The van der Waals surface area contributed by atoms with Gasteiger partial charge in [0.1, 0.15) is 11.1 Å². The first-order chi connectivity index (χ1) is 10.8. The van der Waals surface area contributed by atoms with Crippen LogP contribution in [-0.4, -0.2) is 17.1 Å². The highest BCUT2D eigenvalue weighted by molar-refractivity contribution is 5.85. The standard InChI is InChI=1S/C20H23NO2/c1-19(2,3)23-18(22)20(21)12-14-8-4-6-10-16(14)17-11-7-5-9-15(17)13-20/h4-11H,12-13,21H2,1-3H3. The fourth-order valence-corrected chi connectivity index (χ4v) is 3.14. The summed E-state index contributed by atoms with van der Waals surface area (Å²) in [6.07, 6.45) is 0.958. The van der Waals surface area contributed by atoms with Crippen molar-refractivity contribution in [1.29, 1.82) is 0 Å². The van der Waals surface area contributed by atoms with Gasteiger partial charge >= 0.3 is 5.97 Å². The molecule has 3 heteroatoms. The molecule has 2 N–H and O–H groups in total. The Bertz CT molecular complexity index is 696. The van der Waals surface area contributed by atoms with Crippen LogP contribution in [0.5, 0.6) is 0 Å². The van der Waals surface area contributed by atoms with Crippen molar-refractivity contribution in [3.05, 3.63) is 59.7 Å². The van der Waals surface area contributed by atoms with E-state index in [1.165, 1.54) is 0 Å². The van der Waals surface area contributed by atoms with Gasteiger partial charge in [0.15, 0.2) is 0 Å². The second-order valence-electron chi connectivity index (χ2n) is 7.33. The first-order valence-electron chi connectivity index (χ1n) is 7.97. The second-order valence-corrected chi connectivity index (χ2v) is 7.33. The summed E-state index contributed by atoms with van der Waals surface area (Å²) in [6, 6.07) is 16.3. The van der Waals surface area contributed by atoms with Crippen molar-refractivity contribution in [3.63, 3.8) is 0 Å². The normalized spacial score (nSPS) is 16.0. The molecule has 1 aliphatic carbocycles. The summed E-state index contributed by atoms with van der Waals surface area (Å²) < 4.78 is 5.60. The molecular weight excluding hydrogens is 286 g/mol. The molecule has 0 spiro atoms. The van der Waals surface area contributed by atoms with Gasteiger partial charge in [-0.3, -0.25) is 4.79 Å². The van der Waals surface area contributed by atoms with Gasteiger partial charge in [-0.2, -0.15) is 0 Å². The van der Waals surface area contributed by atoms with Crippen molar-refractivity contribution < 1.29 is 9.53 Å². The molecule has 0 unspecified atom stereocenters. The molecule has 3 rings (SSSR count). The molecule has 120 valence electrons. The quantitative estimate of drug-likeness (QED) is 0.820. The van der Waals surface area contributed by atoms with E-state index in [4.69, 9.17) is 10.5 Å². The van der Waals surface area contributed by atoms with Crippen molar-refractivity contribution in [2.75, 3.05) is 0 Å². The minimum absolute atomic E-state index is 0.337. The van der Waals surface area contributed by atoms with E-state index in [0.29, 0.717) is 12.8 Å². The average Bonchev–Trinajstić information content (AvgIpc) is 2.59. The highest BCUT2D eigenvalue weighted by atomic mass is 16.6. The molecule has 0 saturated heterocycles. The minimum atomic E-state index is -1.05. The summed E-state index contributed by atoms with van der Waals surface area (Å²) in [6.45, 7) is 5.60. The Morgan fingerprint density at radius 1 is 0.957 bits per heavy atom. The Balaban J connectivity index is 2.09. The number of hydrogen-bond acceptors (Lipinski definition) is 3. The third-order valence-corrected chi connectivity index (χ3v) is 4.14. The largest absolute Gasteiger partial charge is 0.459 e. The van der Waals surface area contributed by atoms with Crippen molar-refractivity contribution in [3.8, 4) is 11.1 Å². The van der Waals surface area contributed by atoms with E-state index in [-0.39, 0.29) is 5.97 Å². The lowest BCUT2D eigenvalue weighted by molar-refractivity contribution is -0.161. The molecule has 0 atom stereocenters. The number of hydrogen-bond donors (Lipinski definition) is 1. The highest BCUT2D eigenvalue weighted by Gasteiger charge is 2.40. The number of ether oxygens (including phenoxy) is 1. The lowest BCUT2D eigenvalue weighted by Crippen LogP contribution is -2.54. The van der Waals surface area contributed by atoms with E-state index in [0.717, 1.165) is 22.3 Å². The van der Waals surface area contributed by atoms with Crippen molar-refractivity contribution in [2.24, 2.45) is 5.73 Å². The topological polar surface area (TPSA) is 52.3 Å². The Labute approximate surface area is 137 Å². The maximum atomic E-state index is 12.8. The van der Waals surface area contributed by atoms with Crippen LogP contribution in [0.25, 0.3) is 11.1 Å². The van der Waals surface area contributed by atoms with Gasteiger partial charge in [0.25, 0.3) is 0 Å². The lowest BCUT2D eigenvalue weighted by Gasteiger charge is -2.30. The Hall–Kier alpha value is -2.13. The summed E-state index contributed by atoms with van der Waals surface area (Å²) in [5, 5.41) is 0. The van der Waals surface area contributed by atoms with Crippen LogP contribution >= 0.6 is 0 Å². The van der Waals surface area contributed by atoms with Crippen LogP contribution in [0.1, 0.15) is 31.9 Å². The van der Waals surface area contributed by atoms with Gasteiger partial charge < -0.3 is 10.5 Å². The molecule has 3 nitrogen and oxygen atoms in total. The van der Waals surface area contributed by atoms with Gasteiger partial charge in [0.2, 0.25) is 0 Å². The molecule has 0 aliphatic heterocycles. The fourth-order valence-electron chi connectivity index (χ4n) is 3.14. The smallest absolute Gasteiger partial charge is 0.327 e. The molecule has 0 bridgehead atoms. The van der Waals surface area contributed by atoms with E-state index in [2.05, 4.69) is 12.1 Å². The van der Waals surface area contributed by atoms with Gasteiger partial charge in [0.05, 0.1) is 0 Å². The van der Waals surface area contributed by atoms with Gasteiger partial charge in [-0.05, 0) is 43.0 Å². The Kier molecular flexibility index (Phi) is 3.77. The molecule has 2 aromatic carbocycles. The first kappa shape index (κ1) is 15.8. The zero-order valence-electron chi connectivity index (χ0n) is 13.9. The van der Waals surface area contributed by atoms with Crippen LogP contribution in [0.4, 0.5) is 0 Å². The third-order valence-electron chi connectivity index (χ3n) is 4.14. The average molecular weight is 309 g/mol. The predicted molar refractivity (Wildman–Crippen MR) is 92.0 cm³/mol. The minimum Gasteiger partial charge on any atom is -0.459 e. The van der Waals surface area contributed by atoms with E-state index < -0.39 is 11.1 Å². The third kappa shape index (κ3) is 3.15. The molecule has 0 aromatic heterocycles. The van der Waals surface area contributed by atoms with Crippen molar-refractivity contribution in [1.82, 2.24) is 0 Å². The van der Waals surface area contributed by atoms with Crippen molar-refractivity contribution in [2.45, 2.75) is 44.8 Å². The van der Waals surface area contributed by atoms with Gasteiger partial charge in [0, 0.05) is 12.8 Å². The van der Waals surface area contributed by atoms with E-state index >= 15 is 0 Å². The summed E-state index contributed by atoms with van der Waals surface area (Å²) in [4.78, 5) is 12.8. The zero-order valence-corrected chi connectivity index (χ0v) is 13.9. The highest BCUT2D eigenvalue weighted by Crippen LogP contribution is 2.35. The van der Waals surface area contributed by atoms with Crippen LogP contribution in [0.15, 0.2) is 48.5 Å². The van der Waals surface area contributed by atoms with Crippen molar-refractivity contribution >= 4 is 5.97 Å². The molecule has 0 amide bonds. The number of fused-ring (bicyclic) bond motifs is 3. The fraction of sp³-hybridized carbons (Fsp3) is 0.350. The van der Waals surface area contributed by atoms with Crippen LogP contribution in [0, 0.1) is 0 Å². The molecule has 0 heterocycles. The van der Waals surface area contributed by atoms with E-state index in [1.54, 1.807) is 0 Å². The van der Waals surface area contributed by atoms with E-state index in [9.17, 15) is 4.79 Å². The summed E-state index contributed by atoms with van der Waals surface area (Å²) in [7, 11) is 0. The first-order valence-corrected chi connectivity index (χ1v) is 7.97. The molecule has 23 heavy (non-hydrogen) atoms. The number of carbonyl (C=O) groups is 1. The number of benzene rings is 2. The SMILES string of the molecule is CC(C)(C)OC(=O)C1(N)Cc2ccccc2-c2ccccc2C1. The van der Waals surface area contributed by atoms with Crippen LogP contribution in [0.2, 0.25) is 0 Å². The number of nitrogens with two attached hydrogens (primary N) is 1. The summed E-state index contributed by atoms with van der Waals surface area (Å²) in [5.74, 6) is -0.337. The number of rotatable bonds is 1. The van der Waals surface area contributed by atoms with E-state index in [1.807, 2.05) is 57.2 Å². The molecule has 0 radical (unpaired) electrons. The van der Waals surface area contributed by atoms with Crippen LogP contribution in [-0.2, 0) is 22.4 Å². The van der Waals surface area contributed by atoms with Crippen LogP contribution < -0.4 is 5.73 Å².